The van der Waals surface area contributed by atoms with Gasteiger partial charge in [-0.3, -0.25) is 9.71 Å². The number of sulfonamides is 1. The molecule has 224 valence electrons. The average molecular weight is 617 g/mol. The van der Waals surface area contributed by atoms with Gasteiger partial charge in [-0.1, -0.05) is 6.07 Å². The number of benzene rings is 2. The number of nitrogens with zero attached hydrogens (tertiary/aromatic N) is 4. The fraction of sp³-hybridized carbons (Fsp3) is 0.312. The molecule has 2 aromatic carbocycles. The molecule has 2 N–H and O–H groups in total. The fourth-order valence-electron chi connectivity index (χ4n) is 6.18. The van der Waals surface area contributed by atoms with Gasteiger partial charge in [-0.15, -0.1) is 0 Å². The second-order valence-corrected chi connectivity index (χ2v) is 13.3. The first kappa shape index (κ1) is 29.2. The van der Waals surface area contributed by atoms with Crippen LogP contribution in [0.25, 0.3) is 5.69 Å². The number of hydrogen-bond acceptors (Lipinski definition) is 6. The van der Waals surface area contributed by atoms with Gasteiger partial charge in [0.2, 0.25) is 10.0 Å². The van der Waals surface area contributed by atoms with Crippen LogP contribution in [0.3, 0.4) is 0 Å². The van der Waals surface area contributed by atoms with E-state index in [2.05, 4.69) is 68.6 Å². The van der Waals surface area contributed by atoms with Crippen molar-refractivity contribution in [1.82, 2.24) is 14.9 Å². The van der Waals surface area contributed by atoms with E-state index in [9.17, 15) is 8.42 Å². The van der Waals surface area contributed by atoms with Gasteiger partial charge in [-0.25, -0.2) is 8.42 Å². The Morgan fingerprint density at radius 3 is 2.30 bits per heavy atom. The Balaban J connectivity index is 1.41. The number of hydrogen-bond donors (Lipinski definition) is 2. The molecule has 2 aliphatic heterocycles. The SMILES string of the molecule is Cc1cc(N2C(=S)N[C@@H](c3ccccn3)[C@H]2c2cc(C)n(-c3ccc(N4CCOCC4)cc3)c2C)ccc1NS(C)(=O)=O. The molecule has 0 aliphatic carbocycles. The van der Waals surface area contributed by atoms with Crippen LogP contribution in [0, 0.1) is 20.8 Å². The summed E-state index contributed by atoms with van der Waals surface area (Å²) in [5.41, 5.74) is 8.78. The summed E-state index contributed by atoms with van der Waals surface area (Å²) in [4.78, 5) is 9.18. The molecule has 2 aromatic heterocycles. The molecule has 0 unspecified atom stereocenters. The Hall–Kier alpha value is -3.93. The topological polar surface area (TPSA) is 91.7 Å². The van der Waals surface area contributed by atoms with Crippen LogP contribution in [0.2, 0.25) is 0 Å². The summed E-state index contributed by atoms with van der Waals surface area (Å²) in [7, 11) is -3.41. The maximum absolute atomic E-state index is 11.9. The molecule has 4 heterocycles. The van der Waals surface area contributed by atoms with Crippen molar-refractivity contribution in [2.45, 2.75) is 32.9 Å². The van der Waals surface area contributed by atoms with E-state index in [1.807, 2.05) is 37.3 Å². The van der Waals surface area contributed by atoms with Gasteiger partial charge < -0.3 is 24.4 Å². The minimum absolute atomic E-state index is 0.192. The summed E-state index contributed by atoms with van der Waals surface area (Å²) in [6, 6.07) is 22.2. The highest BCUT2D eigenvalue weighted by Crippen LogP contribution is 2.44. The summed E-state index contributed by atoms with van der Waals surface area (Å²) in [5.74, 6) is 0. The minimum Gasteiger partial charge on any atom is -0.378 e. The van der Waals surface area contributed by atoms with E-state index in [1.165, 1.54) is 5.69 Å². The highest BCUT2D eigenvalue weighted by Gasteiger charge is 2.42. The summed E-state index contributed by atoms with van der Waals surface area (Å²) < 4.78 is 34.2. The standard InChI is InChI=1S/C32H36N6O3S2/c1-21-19-26(12-13-28(21)35-43(4,39)40)38-31(30(34-32(38)42)29-7-5-6-14-33-29)27-20-22(2)37(23(27)3)25-10-8-24(9-11-25)36-15-17-41-18-16-36/h5-14,19-20,30-31,35H,15-18H2,1-4H3,(H,34,42)/t30-,31+/m0/s1. The van der Waals surface area contributed by atoms with E-state index < -0.39 is 10.0 Å². The lowest BCUT2D eigenvalue weighted by Gasteiger charge is -2.29. The number of rotatable bonds is 7. The highest BCUT2D eigenvalue weighted by molar-refractivity contribution is 7.92. The van der Waals surface area contributed by atoms with Crippen molar-refractivity contribution >= 4 is 44.4 Å². The molecule has 0 spiro atoms. The first-order valence-electron chi connectivity index (χ1n) is 14.3. The molecule has 2 fully saturated rings. The second kappa shape index (κ2) is 11.6. The zero-order chi connectivity index (χ0) is 30.3. The number of anilines is 3. The van der Waals surface area contributed by atoms with Gasteiger partial charge in [0.15, 0.2) is 5.11 Å². The van der Waals surface area contributed by atoms with Crippen molar-refractivity contribution in [3.05, 3.63) is 101 Å². The van der Waals surface area contributed by atoms with Gasteiger partial charge in [0.05, 0.1) is 42.9 Å². The molecule has 4 aromatic rings. The number of aromatic nitrogens is 2. The Bertz CT molecular complexity index is 1750. The van der Waals surface area contributed by atoms with E-state index in [0.717, 1.165) is 72.1 Å². The zero-order valence-electron chi connectivity index (χ0n) is 24.7. The van der Waals surface area contributed by atoms with Crippen molar-refractivity contribution in [3.8, 4) is 5.69 Å². The molecule has 6 rings (SSSR count). The number of nitrogens with one attached hydrogen (secondary N) is 2. The highest BCUT2D eigenvalue weighted by atomic mass is 32.2. The lowest BCUT2D eigenvalue weighted by atomic mass is 9.96. The van der Waals surface area contributed by atoms with Gasteiger partial charge >= 0.3 is 0 Å². The monoisotopic (exact) mass is 616 g/mol. The van der Waals surface area contributed by atoms with E-state index in [0.29, 0.717) is 10.8 Å². The van der Waals surface area contributed by atoms with Gasteiger partial charge in [-0.05, 0) is 105 Å². The van der Waals surface area contributed by atoms with Crippen LogP contribution in [-0.4, -0.2) is 55.6 Å². The Morgan fingerprint density at radius 1 is 0.953 bits per heavy atom. The molecular weight excluding hydrogens is 581 g/mol. The molecule has 11 heteroatoms. The van der Waals surface area contributed by atoms with Crippen LogP contribution in [-0.2, 0) is 14.8 Å². The summed E-state index contributed by atoms with van der Waals surface area (Å²) >= 11 is 5.95. The third kappa shape index (κ3) is 5.84. The number of ether oxygens (including phenoxy) is 1. The molecule has 0 bridgehead atoms. The van der Waals surface area contributed by atoms with Crippen molar-refractivity contribution in [3.63, 3.8) is 0 Å². The van der Waals surface area contributed by atoms with Crippen LogP contribution < -0.4 is 19.8 Å². The third-order valence-electron chi connectivity index (χ3n) is 8.15. The number of morpholine rings is 1. The predicted octanol–water partition coefficient (Wildman–Crippen LogP) is 5.18. The first-order valence-corrected chi connectivity index (χ1v) is 16.6. The number of aryl methyl sites for hydroxylation is 2. The Morgan fingerprint density at radius 2 is 1.65 bits per heavy atom. The molecule has 0 radical (unpaired) electrons. The molecule has 2 aliphatic rings. The second-order valence-electron chi connectivity index (χ2n) is 11.1. The van der Waals surface area contributed by atoms with Crippen LogP contribution >= 0.6 is 12.2 Å². The largest absolute Gasteiger partial charge is 0.378 e. The van der Waals surface area contributed by atoms with Crippen molar-refractivity contribution in [1.29, 1.82) is 0 Å². The van der Waals surface area contributed by atoms with Gasteiger partial charge in [0.1, 0.15) is 0 Å². The fourth-order valence-corrected chi connectivity index (χ4v) is 7.15. The first-order chi connectivity index (χ1) is 20.6. The van der Waals surface area contributed by atoms with E-state index in [1.54, 1.807) is 12.3 Å². The maximum Gasteiger partial charge on any atom is 0.229 e. The summed E-state index contributed by atoms with van der Waals surface area (Å²) in [5, 5.41) is 4.12. The van der Waals surface area contributed by atoms with E-state index >= 15 is 0 Å². The predicted molar refractivity (Wildman–Crippen MR) is 176 cm³/mol. The Kier molecular flexibility index (Phi) is 7.89. The van der Waals surface area contributed by atoms with Gasteiger partial charge in [-0.2, -0.15) is 0 Å². The van der Waals surface area contributed by atoms with Gasteiger partial charge in [0.25, 0.3) is 0 Å². The Labute approximate surface area is 258 Å². The normalized spacial score (nSPS) is 19.0. The molecular formula is C32H36N6O3S2. The molecule has 0 saturated carbocycles. The van der Waals surface area contributed by atoms with Crippen LogP contribution in [0.1, 0.15) is 40.3 Å². The molecule has 2 saturated heterocycles. The summed E-state index contributed by atoms with van der Waals surface area (Å²) in [6.45, 7) is 9.47. The lowest BCUT2D eigenvalue weighted by Crippen LogP contribution is -2.36. The third-order valence-corrected chi connectivity index (χ3v) is 9.06. The van der Waals surface area contributed by atoms with E-state index in [-0.39, 0.29) is 12.1 Å². The van der Waals surface area contributed by atoms with Crippen LogP contribution in [0.4, 0.5) is 17.1 Å². The number of pyridine rings is 1. The quantitative estimate of drug-likeness (QED) is 0.275. The van der Waals surface area contributed by atoms with Gasteiger partial charge in [0, 0.05) is 47.7 Å². The smallest absolute Gasteiger partial charge is 0.229 e. The zero-order valence-corrected chi connectivity index (χ0v) is 26.4. The number of thiocarbonyl (C=S) groups is 1. The molecule has 43 heavy (non-hydrogen) atoms. The van der Waals surface area contributed by atoms with Crippen molar-refractivity contribution < 1.29 is 13.2 Å². The van der Waals surface area contributed by atoms with Crippen LogP contribution in [0.5, 0.6) is 0 Å². The average Bonchev–Trinajstić information content (AvgIpc) is 3.49. The maximum atomic E-state index is 11.9. The van der Waals surface area contributed by atoms with Crippen molar-refractivity contribution in [2.75, 3.05) is 47.1 Å². The molecule has 9 nitrogen and oxygen atoms in total. The van der Waals surface area contributed by atoms with Crippen molar-refractivity contribution in [2.24, 2.45) is 0 Å². The lowest BCUT2D eigenvalue weighted by molar-refractivity contribution is 0.122. The summed E-state index contributed by atoms with van der Waals surface area (Å²) in [6.07, 6.45) is 2.95. The molecule has 0 amide bonds. The molecule has 2 atom stereocenters. The van der Waals surface area contributed by atoms with Crippen LogP contribution in [0.15, 0.2) is 72.9 Å². The van der Waals surface area contributed by atoms with E-state index in [4.69, 9.17) is 21.9 Å². The minimum atomic E-state index is -3.41.